The number of carbonyl (C=O) groups is 6. The molecule has 4 aromatic rings. The molecule has 0 saturated carbocycles. The molecule has 2 aromatic carbocycles. The number of carbonyl (C=O) groups excluding carboxylic acids is 6. The number of ketones is 1. The Hall–Kier alpha value is -5.78. The molecule has 2 N–H and O–H groups in total. The highest BCUT2D eigenvalue weighted by Gasteiger charge is 2.38. The number of hydrogen-bond acceptors (Lipinski definition) is 8. The molecule has 0 unspecified atom stereocenters. The van der Waals surface area contributed by atoms with Crippen molar-refractivity contribution in [1.29, 1.82) is 0 Å². The SMILES string of the molecule is CC(=O)C[C@@H](C=O)NC(=O)CN1C(=O)[C@@H](NC(=O)c2nccc3ccccc23)CN(C(=O)Cc2cccnc2)c2ccccc21. The third-order valence-electron chi connectivity index (χ3n) is 7.29. The third-order valence-corrected chi connectivity index (χ3v) is 7.29. The molecule has 228 valence electrons. The van der Waals surface area contributed by atoms with E-state index >= 15 is 0 Å². The molecule has 2 atom stereocenters. The van der Waals surface area contributed by atoms with Crippen molar-refractivity contribution in [3.63, 3.8) is 0 Å². The fraction of sp³-hybridized carbons (Fsp3) is 0.212. The molecule has 45 heavy (non-hydrogen) atoms. The molecule has 2 aromatic heterocycles. The number of nitrogens with zero attached hydrogens (tertiary/aromatic N) is 4. The minimum atomic E-state index is -1.28. The van der Waals surface area contributed by atoms with E-state index in [0.717, 1.165) is 5.39 Å². The molecular formula is C33H30N6O6. The Bertz CT molecular complexity index is 1770. The summed E-state index contributed by atoms with van der Waals surface area (Å²) in [7, 11) is 0. The lowest BCUT2D eigenvalue weighted by Gasteiger charge is -2.25. The predicted octanol–water partition coefficient (Wildman–Crippen LogP) is 2.01. The Labute approximate surface area is 258 Å². The summed E-state index contributed by atoms with van der Waals surface area (Å²) in [5.74, 6) is -2.65. The Balaban J connectivity index is 1.51. The summed E-state index contributed by atoms with van der Waals surface area (Å²) in [5, 5.41) is 6.58. The first kappa shape index (κ1) is 30.7. The molecule has 12 nitrogen and oxygen atoms in total. The van der Waals surface area contributed by atoms with E-state index in [1.54, 1.807) is 67.0 Å². The van der Waals surface area contributed by atoms with Gasteiger partial charge in [-0.05, 0) is 42.1 Å². The van der Waals surface area contributed by atoms with Gasteiger partial charge >= 0.3 is 0 Å². The zero-order valence-corrected chi connectivity index (χ0v) is 24.4. The van der Waals surface area contributed by atoms with E-state index in [1.165, 1.54) is 22.9 Å². The number of amides is 4. The van der Waals surface area contributed by atoms with Gasteiger partial charge in [-0.3, -0.25) is 38.8 Å². The number of aldehydes is 1. The van der Waals surface area contributed by atoms with Gasteiger partial charge in [0, 0.05) is 30.4 Å². The highest BCUT2D eigenvalue weighted by atomic mass is 16.2. The smallest absolute Gasteiger partial charge is 0.271 e. The minimum absolute atomic E-state index is 0.0333. The number of nitrogens with one attached hydrogen (secondary N) is 2. The van der Waals surface area contributed by atoms with Crippen LogP contribution in [0.25, 0.3) is 10.8 Å². The fourth-order valence-electron chi connectivity index (χ4n) is 5.23. The van der Waals surface area contributed by atoms with Crippen molar-refractivity contribution < 1.29 is 28.8 Å². The second kappa shape index (κ2) is 13.7. The lowest BCUT2D eigenvalue weighted by atomic mass is 10.1. The molecule has 0 bridgehead atoms. The molecule has 0 fully saturated rings. The molecule has 3 heterocycles. The second-order valence-electron chi connectivity index (χ2n) is 10.6. The van der Waals surface area contributed by atoms with Crippen LogP contribution in [-0.4, -0.2) is 70.8 Å². The zero-order valence-electron chi connectivity index (χ0n) is 24.4. The molecule has 0 saturated heterocycles. The van der Waals surface area contributed by atoms with Crippen LogP contribution >= 0.6 is 0 Å². The van der Waals surface area contributed by atoms with Crippen molar-refractivity contribution in [1.82, 2.24) is 20.6 Å². The summed E-state index contributed by atoms with van der Waals surface area (Å²) >= 11 is 0. The van der Waals surface area contributed by atoms with Crippen molar-refractivity contribution in [3.05, 3.63) is 96.6 Å². The van der Waals surface area contributed by atoms with Crippen molar-refractivity contribution in [2.75, 3.05) is 22.9 Å². The van der Waals surface area contributed by atoms with Gasteiger partial charge in [-0.1, -0.05) is 42.5 Å². The maximum absolute atomic E-state index is 14.2. The lowest BCUT2D eigenvalue weighted by molar-refractivity contribution is -0.127. The predicted molar refractivity (Wildman–Crippen MR) is 165 cm³/mol. The molecule has 12 heteroatoms. The quantitative estimate of drug-likeness (QED) is 0.260. The average Bonchev–Trinajstić information content (AvgIpc) is 3.15. The van der Waals surface area contributed by atoms with Crippen LogP contribution in [-0.2, 0) is 30.4 Å². The summed E-state index contributed by atoms with van der Waals surface area (Å²) in [5.41, 5.74) is 1.35. The van der Waals surface area contributed by atoms with Crippen LogP contribution in [0.4, 0.5) is 11.4 Å². The number of rotatable bonds is 10. The Morgan fingerprint density at radius 2 is 1.73 bits per heavy atom. The highest BCUT2D eigenvalue weighted by molar-refractivity contribution is 6.12. The molecule has 0 radical (unpaired) electrons. The van der Waals surface area contributed by atoms with Crippen LogP contribution in [0.15, 0.2) is 85.3 Å². The number of Topliss-reactive ketones (excluding diaryl/α,β-unsaturated/α-hetero) is 1. The summed E-state index contributed by atoms with van der Waals surface area (Å²) in [4.78, 5) is 88.7. The largest absolute Gasteiger partial charge is 0.345 e. The van der Waals surface area contributed by atoms with Gasteiger partial charge in [0.05, 0.1) is 30.4 Å². The van der Waals surface area contributed by atoms with Crippen molar-refractivity contribution in [3.8, 4) is 0 Å². The van der Waals surface area contributed by atoms with Crippen LogP contribution in [0.3, 0.4) is 0 Å². The second-order valence-corrected chi connectivity index (χ2v) is 10.6. The van der Waals surface area contributed by atoms with Gasteiger partial charge < -0.3 is 20.3 Å². The first-order valence-electron chi connectivity index (χ1n) is 14.2. The van der Waals surface area contributed by atoms with Gasteiger partial charge in [-0.2, -0.15) is 0 Å². The molecule has 0 spiro atoms. The van der Waals surface area contributed by atoms with Gasteiger partial charge in [0.25, 0.3) is 11.8 Å². The van der Waals surface area contributed by atoms with Crippen LogP contribution < -0.4 is 20.4 Å². The monoisotopic (exact) mass is 606 g/mol. The molecule has 1 aliphatic rings. The minimum Gasteiger partial charge on any atom is -0.345 e. The van der Waals surface area contributed by atoms with Gasteiger partial charge in [0.1, 0.15) is 30.3 Å². The summed E-state index contributed by atoms with van der Waals surface area (Å²) < 4.78 is 0. The van der Waals surface area contributed by atoms with E-state index in [-0.39, 0.29) is 42.5 Å². The van der Waals surface area contributed by atoms with Crippen molar-refractivity contribution >= 4 is 57.8 Å². The first-order valence-corrected chi connectivity index (χ1v) is 14.2. The average molecular weight is 607 g/mol. The molecule has 1 aliphatic heterocycles. The number of pyridine rings is 2. The Morgan fingerprint density at radius 3 is 2.47 bits per heavy atom. The number of anilines is 2. The maximum atomic E-state index is 14.2. The topological polar surface area (TPSA) is 159 Å². The molecule has 4 amide bonds. The normalized spacial score (nSPS) is 15.0. The number of hydrogen-bond donors (Lipinski definition) is 2. The highest BCUT2D eigenvalue weighted by Crippen LogP contribution is 2.33. The lowest BCUT2D eigenvalue weighted by Crippen LogP contribution is -2.55. The number of benzene rings is 2. The van der Waals surface area contributed by atoms with Crippen LogP contribution in [0.2, 0.25) is 0 Å². The zero-order chi connectivity index (χ0) is 31.9. The van der Waals surface area contributed by atoms with E-state index in [2.05, 4.69) is 20.6 Å². The van der Waals surface area contributed by atoms with Gasteiger partial charge in [-0.25, -0.2) is 0 Å². The molecule has 0 aliphatic carbocycles. The first-order chi connectivity index (χ1) is 21.7. The van der Waals surface area contributed by atoms with Gasteiger partial charge in [-0.15, -0.1) is 0 Å². The number of aromatic nitrogens is 2. The van der Waals surface area contributed by atoms with Crippen molar-refractivity contribution in [2.24, 2.45) is 0 Å². The third kappa shape index (κ3) is 7.07. The van der Waals surface area contributed by atoms with Crippen molar-refractivity contribution in [2.45, 2.75) is 31.8 Å². The standard InChI is InChI=1S/C33H30N6O6/c1-21(41)15-24(20-40)36-29(42)19-39-28-11-5-4-10-27(28)38(30(43)16-22-7-6-13-34-17-22)18-26(33(39)45)37-32(44)31-25-9-3-2-8-23(25)12-14-35-31/h2-14,17,20,24,26H,15-16,18-19H2,1H3,(H,36,42)(H,37,44)/t24-,26-/m0/s1. The Kier molecular flexibility index (Phi) is 9.32. The van der Waals surface area contributed by atoms with Gasteiger partial charge in [0.15, 0.2) is 0 Å². The Morgan fingerprint density at radius 1 is 0.978 bits per heavy atom. The maximum Gasteiger partial charge on any atom is 0.271 e. The van der Waals surface area contributed by atoms with E-state index in [9.17, 15) is 28.8 Å². The van der Waals surface area contributed by atoms with Crippen LogP contribution in [0, 0.1) is 0 Å². The molecular weight excluding hydrogens is 576 g/mol. The number of fused-ring (bicyclic) bond motifs is 2. The number of para-hydroxylation sites is 2. The molecule has 5 rings (SSSR count). The van der Waals surface area contributed by atoms with Crippen LogP contribution in [0.5, 0.6) is 0 Å². The van der Waals surface area contributed by atoms with Crippen LogP contribution in [0.1, 0.15) is 29.4 Å². The summed E-state index contributed by atoms with van der Waals surface area (Å²) in [6.45, 7) is 0.527. The van der Waals surface area contributed by atoms with E-state index < -0.39 is 36.3 Å². The summed E-state index contributed by atoms with van der Waals surface area (Å²) in [6, 6.07) is 16.6. The van der Waals surface area contributed by atoms with Gasteiger partial charge in [0.2, 0.25) is 11.8 Å². The summed E-state index contributed by atoms with van der Waals surface area (Å²) in [6.07, 6.45) is 4.87. The van der Waals surface area contributed by atoms with E-state index in [1.807, 2.05) is 12.1 Å². The van der Waals surface area contributed by atoms with E-state index in [0.29, 0.717) is 22.9 Å². The van der Waals surface area contributed by atoms with E-state index in [4.69, 9.17) is 0 Å². The fourth-order valence-corrected chi connectivity index (χ4v) is 5.23.